The molecule has 0 saturated heterocycles. The van der Waals surface area contributed by atoms with Gasteiger partial charge in [0.05, 0.1) is 6.54 Å². The second-order valence-corrected chi connectivity index (χ2v) is 6.59. The molecule has 1 aromatic carbocycles. The average molecular weight is 361 g/mol. The Labute approximate surface area is 149 Å². The molecule has 3 amide bonds. The lowest BCUT2D eigenvalue weighted by atomic mass is 10.1. The zero-order valence-electron chi connectivity index (χ0n) is 13.8. The van der Waals surface area contributed by atoms with Crippen LogP contribution in [0.2, 0.25) is 0 Å². The van der Waals surface area contributed by atoms with Gasteiger partial charge in [-0.2, -0.15) is 0 Å². The third-order valence-corrected chi connectivity index (χ3v) is 4.44. The van der Waals surface area contributed by atoms with Crippen LogP contribution in [0.15, 0.2) is 41.8 Å². The van der Waals surface area contributed by atoms with Gasteiger partial charge < -0.3 is 21.1 Å². The van der Waals surface area contributed by atoms with E-state index in [0.29, 0.717) is 16.3 Å². The summed E-state index contributed by atoms with van der Waals surface area (Å²) in [5, 5.41) is 19.6. The maximum absolute atomic E-state index is 11.9. The molecule has 0 radical (unpaired) electrons. The second kappa shape index (κ2) is 7.91. The van der Waals surface area contributed by atoms with Gasteiger partial charge in [0.25, 0.3) is 0 Å². The summed E-state index contributed by atoms with van der Waals surface area (Å²) in [6, 6.07) is 9.91. The van der Waals surface area contributed by atoms with E-state index >= 15 is 0 Å². The fourth-order valence-electron chi connectivity index (χ4n) is 2.03. The Morgan fingerprint density at radius 1 is 1.04 bits per heavy atom. The van der Waals surface area contributed by atoms with Crippen molar-refractivity contribution >= 4 is 40.4 Å². The van der Waals surface area contributed by atoms with E-state index in [0.717, 1.165) is 0 Å². The number of nitrogens with one attached hydrogen (secondary N) is 3. The molecule has 132 valence electrons. The summed E-state index contributed by atoms with van der Waals surface area (Å²) < 4.78 is 0. The van der Waals surface area contributed by atoms with Gasteiger partial charge in [-0.05, 0) is 42.6 Å². The number of carbonyl (C=O) groups is 3. The van der Waals surface area contributed by atoms with Gasteiger partial charge in [0, 0.05) is 23.2 Å². The van der Waals surface area contributed by atoms with Crippen LogP contribution < -0.4 is 16.0 Å². The van der Waals surface area contributed by atoms with Gasteiger partial charge in [-0.3, -0.25) is 14.4 Å². The van der Waals surface area contributed by atoms with Crippen LogP contribution in [0.1, 0.15) is 18.7 Å². The Morgan fingerprint density at radius 2 is 1.64 bits per heavy atom. The molecule has 8 heteroatoms. The van der Waals surface area contributed by atoms with Crippen molar-refractivity contribution in [3.63, 3.8) is 0 Å². The first kappa shape index (κ1) is 18.6. The minimum absolute atomic E-state index is 0.0821. The minimum atomic E-state index is -1.25. The third-order valence-electron chi connectivity index (χ3n) is 3.31. The van der Waals surface area contributed by atoms with Crippen LogP contribution in [0.5, 0.6) is 0 Å². The van der Waals surface area contributed by atoms with E-state index in [1.165, 1.54) is 18.3 Å². The summed E-state index contributed by atoms with van der Waals surface area (Å²) in [6.45, 7) is 2.88. The molecule has 2 aromatic rings. The average Bonchev–Trinajstić information content (AvgIpc) is 3.09. The normalized spacial score (nSPS) is 12.8. The monoisotopic (exact) mass is 361 g/mol. The maximum Gasteiger partial charge on any atom is 0.313 e. The molecule has 0 aliphatic heterocycles. The highest BCUT2D eigenvalue weighted by Gasteiger charge is 2.26. The number of hydrogen-bond acceptors (Lipinski definition) is 5. The van der Waals surface area contributed by atoms with E-state index < -0.39 is 17.4 Å². The SMILES string of the molecule is CC(=O)Nc1ccc(NC(=O)C(=O)NCC(C)(O)c2cccs2)cc1. The Balaban J connectivity index is 1.88. The largest absolute Gasteiger partial charge is 0.383 e. The molecule has 1 unspecified atom stereocenters. The summed E-state index contributed by atoms with van der Waals surface area (Å²) in [5.74, 6) is -1.88. The lowest BCUT2D eigenvalue weighted by Crippen LogP contribution is -2.42. The van der Waals surface area contributed by atoms with E-state index in [-0.39, 0.29) is 12.5 Å². The van der Waals surface area contributed by atoms with E-state index in [2.05, 4.69) is 16.0 Å². The first-order chi connectivity index (χ1) is 11.8. The van der Waals surface area contributed by atoms with Gasteiger partial charge in [0.15, 0.2) is 0 Å². The smallest absolute Gasteiger partial charge is 0.313 e. The molecule has 0 bridgehead atoms. The highest BCUT2D eigenvalue weighted by molar-refractivity contribution is 7.10. The Bertz CT molecular complexity index is 755. The number of benzene rings is 1. The molecule has 25 heavy (non-hydrogen) atoms. The van der Waals surface area contributed by atoms with Crippen molar-refractivity contribution in [2.24, 2.45) is 0 Å². The highest BCUT2D eigenvalue weighted by atomic mass is 32.1. The molecule has 0 aliphatic carbocycles. The summed E-state index contributed by atoms with van der Waals surface area (Å²) in [6.07, 6.45) is 0. The third kappa shape index (κ3) is 5.40. The second-order valence-electron chi connectivity index (χ2n) is 5.65. The number of hydrogen-bond donors (Lipinski definition) is 4. The zero-order valence-corrected chi connectivity index (χ0v) is 14.6. The van der Waals surface area contributed by atoms with Crippen molar-refractivity contribution in [1.82, 2.24) is 5.32 Å². The van der Waals surface area contributed by atoms with Crippen LogP contribution in [0.3, 0.4) is 0 Å². The predicted molar refractivity (Wildman–Crippen MR) is 96.3 cm³/mol. The Hall–Kier alpha value is -2.71. The summed E-state index contributed by atoms with van der Waals surface area (Å²) in [7, 11) is 0. The van der Waals surface area contributed by atoms with Crippen LogP contribution in [-0.2, 0) is 20.0 Å². The van der Waals surface area contributed by atoms with Crippen molar-refractivity contribution in [3.8, 4) is 0 Å². The molecule has 1 heterocycles. The van der Waals surface area contributed by atoms with E-state index in [9.17, 15) is 19.5 Å². The van der Waals surface area contributed by atoms with Gasteiger partial charge >= 0.3 is 11.8 Å². The molecule has 1 aromatic heterocycles. The number of carbonyl (C=O) groups excluding carboxylic acids is 3. The van der Waals surface area contributed by atoms with Crippen molar-refractivity contribution in [3.05, 3.63) is 46.7 Å². The van der Waals surface area contributed by atoms with Crippen molar-refractivity contribution in [2.45, 2.75) is 19.4 Å². The predicted octanol–water partition coefficient (Wildman–Crippen LogP) is 1.67. The van der Waals surface area contributed by atoms with Crippen LogP contribution >= 0.6 is 11.3 Å². The highest BCUT2D eigenvalue weighted by Crippen LogP contribution is 2.24. The number of rotatable bonds is 5. The molecule has 4 N–H and O–H groups in total. The van der Waals surface area contributed by atoms with Crippen molar-refractivity contribution in [1.29, 1.82) is 0 Å². The molecule has 7 nitrogen and oxygen atoms in total. The van der Waals surface area contributed by atoms with Gasteiger partial charge in [0.1, 0.15) is 5.60 Å². The van der Waals surface area contributed by atoms with Gasteiger partial charge in [-0.15, -0.1) is 11.3 Å². The van der Waals surface area contributed by atoms with Crippen LogP contribution in [0.4, 0.5) is 11.4 Å². The van der Waals surface area contributed by atoms with Crippen LogP contribution in [0, 0.1) is 0 Å². The van der Waals surface area contributed by atoms with Gasteiger partial charge in [-0.25, -0.2) is 0 Å². The Kier molecular flexibility index (Phi) is 5.89. The molecule has 2 rings (SSSR count). The molecule has 0 aliphatic rings. The molecule has 0 spiro atoms. The first-order valence-corrected chi connectivity index (χ1v) is 8.39. The Morgan fingerprint density at radius 3 is 2.16 bits per heavy atom. The summed E-state index contributed by atoms with van der Waals surface area (Å²) in [5.41, 5.74) is -0.245. The first-order valence-electron chi connectivity index (χ1n) is 7.51. The standard InChI is InChI=1S/C17H19N3O4S/c1-11(21)19-12-5-7-13(8-6-12)20-16(23)15(22)18-10-17(2,24)14-4-3-9-25-14/h3-9,24H,10H2,1-2H3,(H,18,22)(H,19,21)(H,20,23). The quantitative estimate of drug-likeness (QED) is 0.608. The van der Waals surface area contributed by atoms with Crippen LogP contribution in [-0.4, -0.2) is 29.4 Å². The lowest BCUT2D eigenvalue weighted by molar-refractivity contribution is -0.136. The molecule has 0 saturated carbocycles. The van der Waals surface area contributed by atoms with E-state index in [1.54, 1.807) is 43.3 Å². The maximum atomic E-state index is 11.9. The molecular formula is C17H19N3O4S. The fourth-order valence-corrected chi connectivity index (χ4v) is 2.82. The molecular weight excluding hydrogens is 342 g/mol. The molecule has 0 fully saturated rings. The molecule has 1 atom stereocenters. The van der Waals surface area contributed by atoms with Gasteiger partial charge in [0.2, 0.25) is 5.91 Å². The van der Waals surface area contributed by atoms with Crippen molar-refractivity contribution in [2.75, 3.05) is 17.2 Å². The van der Waals surface area contributed by atoms with Gasteiger partial charge in [-0.1, -0.05) is 6.07 Å². The number of thiophene rings is 1. The van der Waals surface area contributed by atoms with Crippen LogP contribution in [0.25, 0.3) is 0 Å². The summed E-state index contributed by atoms with van der Waals surface area (Å²) in [4.78, 5) is 35.4. The lowest BCUT2D eigenvalue weighted by Gasteiger charge is -2.22. The van der Waals surface area contributed by atoms with E-state index in [4.69, 9.17) is 0 Å². The minimum Gasteiger partial charge on any atom is -0.383 e. The number of anilines is 2. The van der Waals surface area contributed by atoms with E-state index in [1.807, 2.05) is 5.38 Å². The summed E-state index contributed by atoms with van der Waals surface area (Å²) >= 11 is 1.37. The fraction of sp³-hybridized carbons (Fsp3) is 0.235. The topological polar surface area (TPSA) is 108 Å². The van der Waals surface area contributed by atoms with Crippen molar-refractivity contribution < 1.29 is 19.5 Å². The zero-order chi connectivity index (χ0) is 18.4. The number of aliphatic hydroxyl groups is 1. The number of amides is 3.